The van der Waals surface area contributed by atoms with Gasteiger partial charge in [-0.25, -0.2) is 13.6 Å². The fourth-order valence-corrected chi connectivity index (χ4v) is 4.59. The Labute approximate surface area is 216 Å². The van der Waals surface area contributed by atoms with Crippen molar-refractivity contribution < 1.29 is 17.9 Å². The molecule has 6 N–H and O–H groups in total. The maximum atomic E-state index is 13.0. The van der Waals surface area contributed by atoms with Crippen LogP contribution >= 0.6 is 15.9 Å². The Morgan fingerprint density at radius 1 is 0.889 bits per heavy atom. The maximum absolute atomic E-state index is 13.0. The number of ether oxygens (including phenoxy) is 1. The quantitative estimate of drug-likeness (QED) is 0.182. The Kier molecular flexibility index (Phi) is 7.20. The molecule has 0 aliphatic carbocycles. The van der Waals surface area contributed by atoms with Crippen molar-refractivity contribution in [1.29, 1.82) is 5.41 Å². The van der Waals surface area contributed by atoms with Crippen LogP contribution in [0, 0.1) is 5.41 Å². The lowest BCUT2D eigenvalue weighted by atomic mass is 10.0. The van der Waals surface area contributed by atoms with Gasteiger partial charge in [-0.3, -0.25) is 10.2 Å². The average Bonchev–Trinajstić information content (AvgIpc) is 2.85. The molecule has 36 heavy (non-hydrogen) atoms. The number of hydrogen-bond donors (Lipinski definition) is 4. The van der Waals surface area contributed by atoms with Crippen molar-refractivity contribution in [3.63, 3.8) is 0 Å². The van der Waals surface area contributed by atoms with Crippen molar-refractivity contribution in [3.05, 3.63) is 107 Å². The summed E-state index contributed by atoms with van der Waals surface area (Å²) < 4.78 is 30.6. The van der Waals surface area contributed by atoms with Crippen molar-refractivity contribution in [2.45, 2.75) is 4.90 Å². The van der Waals surface area contributed by atoms with Crippen molar-refractivity contribution in [1.82, 2.24) is 0 Å². The predicted octanol–water partition coefficient (Wildman–Crippen LogP) is 5.09. The topological polar surface area (TPSA) is 148 Å². The number of amides is 1. The van der Waals surface area contributed by atoms with Crippen LogP contribution in [0.1, 0.15) is 15.9 Å². The van der Waals surface area contributed by atoms with Crippen LogP contribution in [0.5, 0.6) is 11.5 Å². The van der Waals surface area contributed by atoms with E-state index in [0.717, 1.165) is 4.47 Å². The summed E-state index contributed by atoms with van der Waals surface area (Å²) in [5.41, 5.74) is 7.92. The molecular formula is C26H21BrN4O4S. The largest absolute Gasteiger partial charge is 0.455 e. The zero-order valence-electron chi connectivity index (χ0n) is 18.7. The molecule has 1 amide bonds. The highest BCUT2D eigenvalue weighted by molar-refractivity contribution is 9.10. The summed E-state index contributed by atoms with van der Waals surface area (Å²) in [5, 5.41) is 15.8. The summed E-state index contributed by atoms with van der Waals surface area (Å²) in [6.07, 6.45) is 0. The first-order chi connectivity index (χ1) is 17.1. The highest BCUT2D eigenvalue weighted by atomic mass is 79.9. The van der Waals surface area contributed by atoms with Crippen molar-refractivity contribution >= 4 is 43.4 Å². The van der Waals surface area contributed by atoms with Gasteiger partial charge in [0.15, 0.2) is 5.75 Å². The molecule has 0 fully saturated rings. The molecule has 0 bridgehead atoms. The first kappa shape index (κ1) is 25.1. The molecule has 0 saturated heterocycles. The number of hydrogen-bond acceptors (Lipinski definition) is 5. The van der Waals surface area contributed by atoms with Gasteiger partial charge in [0.2, 0.25) is 10.0 Å². The number of nitrogens with two attached hydrogens (primary N) is 2. The lowest BCUT2D eigenvalue weighted by molar-refractivity contribution is 0.102. The normalized spacial score (nSPS) is 11.1. The van der Waals surface area contributed by atoms with Gasteiger partial charge in [-0.1, -0.05) is 58.4 Å². The Morgan fingerprint density at radius 2 is 1.61 bits per heavy atom. The lowest BCUT2D eigenvalue weighted by Gasteiger charge is -2.14. The summed E-state index contributed by atoms with van der Waals surface area (Å²) in [4.78, 5) is 13.0. The number of primary sulfonamides is 1. The molecule has 0 heterocycles. The second kappa shape index (κ2) is 10.3. The third kappa shape index (κ3) is 5.80. The van der Waals surface area contributed by atoms with Crippen molar-refractivity contribution in [3.8, 4) is 22.6 Å². The van der Waals surface area contributed by atoms with Gasteiger partial charge >= 0.3 is 0 Å². The molecule has 4 aromatic rings. The molecule has 0 atom stereocenters. The number of nitrogen functional groups attached to an aromatic ring is 1. The standard InChI is InChI=1S/C26H21BrN4O4S/c27-19-12-13-22(23(15-19)35-20-5-3-4-18(14-20)25(28)29)31-26(32)17-10-8-16(9-11-17)21-6-1-2-7-24(21)36(30,33)34/h1-15H,(H3,28,29)(H,31,32)(H2,30,33,34). The molecule has 0 saturated carbocycles. The molecule has 0 aromatic heterocycles. The lowest BCUT2D eigenvalue weighted by Crippen LogP contribution is -2.14. The Bertz CT molecular complexity index is 1570. The monoisotopic (exact) mass is 564 g/mol. The Morgan fingerprint density at radius 3 is 2.31 bits per heavy atom. The van der Waals surface area contributed by atoms with E-state index in [9.17, 15) is 13.2 Å². The number of amidine groups is 1. The Hall–Kier alpha value is -3.99. The summed E-state index contributed by atoms with van der Waals surface area (Å²) >= 11 is 3.41. The van der Waals surface area contributed by atoms with Gasteiger partial charge in [0, 0.05) is 21.2 Å². The van der Waals surface area contributed by atoms with Crippen LogP contribution in [-0.2, 0) is 10.0 Å². The van der Waals surface area contributed by atoms with E-state index >= 15 is 0 Å². The molecule has 0 radical (unpaired) electrons. The van der Waals surface area contributed by atoms with E-state index in [1.54, 1.807) is 84.9 Å². The van der Waals surface area contributed by atoms with Crippen LogP contribution in [-0.4, -0.2) is 20.2 Å². The van der Waals surface area contributed by atoms with E-state index in [1.165, 1.54) is 6.07 Å². The minimum absolute atomic E-state index is 0.00713. The molecule has 10 heteroatoms. The van der Waals surface area contributed by atoms with Crippen LogP contribution < -0.4 is 20.9 Å². The van der Waals surface area contributed by atoms with E-state index in [-0.39, 0.29) is 16.6 Å². The van der Waals surface area contributed by atoms with Gasteiger partial charge in [-0.05, 0) is 54.1 Å². The van der Waals surface area contributed by atoms with Gasteiger partial charge in [-0.15, -0.1) is 0 Å². The number of carbonyl (C=O) groups is 1. The first-order valence-corrected chi connectivity index (χ1v) is 12.9. The highest BCUT2D eigenvalue weighted by Crippen LogP contribution is 2.33. The van der Waals surface area contributed by atoms with E-state index in [0.29, 0.717) is 39.4 Å². The van der Waals surface area contributed by atoms with Crippen LogP contribution in [0.4, 0.5) is 5.69 Å². The molecular weight excluding hydrogens is 544 g/mol. The molecule has 0 aliphatic heterocycles. The van der Waals surface area contributed by atoms with E-state index in [2.05, 4.69) is 21.2 Å². The second-order valence-corrected chi connectivity index (χ2v) is 10.2. The number of carbonyl (C=O) groups excluding carboxylic acids is 1. The highest BCUT2D eigenvalue weighted by Gasteiger charge is 2.16. The summed E-state index contributed by atoms with van der Waals surface area (Å²) in [6.45, 7) is 0. The number of anilines is 1. The fraction of sp³-hybridized carbons (Fsp3) is 0. The first-order valence-electron chi connectivity index (χ1n) is 10.6. The fourth-order valence-electron chi connectivity index (χ4n) is 3.49. The van der Waals surface area contributed by atoms with Gasteiger partial charge in [-0.2, -0.15) is 0 Å². The zero-order valence-corrected chi connectivity index (χ0v) is 21.1. The number of nitrogens with one attached hydrogen (secondary N) is 2. The van der Waals surface area contributed by atoms with E-state index in [4.69, 9.17) is 21.0 Å². The SMILES string of the molecule is N=C(N)c1cccc(Oc2cc(Br)ccc2NC(=O)c2ccc(-c3ccccc3S(N)(=O)=O)cc2)c1. The molecule has 182 valence electrons. The molecule has 4 aromatic carbocycles. The van der Waals surface area contributed by atoms with Crippen LogP contribution in [0.25, 0.3) is 11.1 Å². The minimum Gasteiger partial charge on any atom is -0.455 e. The molecule has 8 nitrogen and oxygen atoms in total. The smallest absolute Gasteiger partial charge is 0.255 e. The van der Waals surface area contributed by atoms with E-state index < -0.39 is 10.0 Å². The van der Waals surface area contributed by atoms with Crippen molar-refractivity contribution in [2.24, 2.45) is 10.9 Å². The number of rotatable bonds is 7. The second-order valence-electron chi connectivity index (χ2n) is 7.76. The third-order valence-electron chi connectivity index (χ3n) is 5.22. The van der Waals surface area contributed by atoms with Gasteiger partial charge in [0.1, 0.15) is 11.6 Å². The van der Waals surface area contributed by atoms with E-state index in [1.807, 2.05) is 0 Å². The van der Waals surface area contributed by atoms with Crippen LogP contribution in [0.3, 0.4) is 0 Å². The molecule has 0 unspecified atom stereocenters. The van der Waals surface area contributed by atoms with Crippen molar-refractivity contribution in [2.75, 3.05) is 5.32 Å². The summed E-state index contributed by atoms with van der Waals surface area (Å²) in [5.74, 6) is 0.371. The van der Waals surface area contributed by atoms with Gasteiger partial charge in [0.05, 0.1) is 10.6 Å². The number of benzene rings is 4. The van der Waals surface area contributed by atoms with Crippen LogP contribution in [0.2, 0.25) is 0 Å². The number of sulfonamides is 1. The summed E-state index contributed by atoms with van der Waals surface area (Å²) in [7, 11) is -3.91. The van der Waals surface area contributed by atoms with Crippen LogP contribution in [0.15, 0.2) is 100 Å². The molecule has 0 spiro atoms. The summed E-state index contributed by atoms with van der Waals surface area (Å²) in [6, 6.07) is 24.9. The third-order valence-corrected chi connectivity index (χ3v) is 6.68. The average molecular weight is 565 g/mol. The maximum Gasteiger partial charge on any atom is 0.255 e. The Balaban J connectivity index is 1.58. The molecule has 0 aliphatic rings. The minimum atomic E-state index is -3.91. The predicted molar refractivity (Wildman–Crippen MR) is 143 cm³/mol. The van der Waals surface area contributed by atoms with Gasteiger partial charge < -0.3 is 15.8 Å². The zero-order chi connectivity index (χ0) is 25.9. The van der Waals surface area contributed by atoms with Gasteiger partial charge in [0.25, 0.3) is 5.91 Å². The number of halogens is 1. The molecule has 4 rings (SSSR count).